The third kappa shape index (κ3) is 3.66. The summed E-state index contributed by atoms with van der Waals surface area (Å²) in [6.07, 6.45) is 1.76. The van der Waals surface area contributed by atoms with Crippen molar-refractivity contribution in [3.8, 4) is 0 Å². The Morgan fingerprint density at radius 1 is 1.35 bits per heavy atom. The molecule has 20 heavy (non-hydrogen) atoms. The molecule has 0 spiro atoms. The molecule has 3 atom stereocenters. The van der Waals surface area contributed by atoms with Gasteiger partial charge in [-0.3, -0.25) is 14.5 Å². The van der Waals surface area contributed by atoms with Crippen molar-refractivity contribution >= 4 is 18.2 Å². The van der Waals surface area contributed by atoms with Crippen LogP contribution in [0.2, 0.25) is 0 Å². The minimum Gasteiger partial charge on any atom is -0.444 e. The zero-order valence-corrected chi connectivity index (χ0v) is 12.2. The second-order valence-electron chi connectivity index (χ2n) is 5.78. The van der Waals surface area contributed by atoms with Crippen molar-refractivity contribution in [2.75, 3.05) is 6.54 Å². The predicted octanol–water partition coefficient (Wildman–Crippen LogP) is 0.927. The van der Waals surface area contributed by atoms with E-state index in [1.165, 1.54) is 0 Å². The monoisotopic (exact) mass is 283 g/mol. The second kappa shape index (κ2) is 6.17. The van der Waals surface area contributed by atoms with Crippen molar-refractivity contribution in [2.45, 2.75) is 45.4 Å². The minimum absolute atomic E-state index is 0.128. The third-order valence-corrected chi connectivity index (χ3v) is 2.98. The van der Waals surface area contributed by atoms with Crippen molar-refractivity contribution in [2.24, 2.45) is 5.92 Å². The topological polar surface area (TPSA) is 83.9 Å². The minimum atomic E-state index is -1.18. The van der Waals surface area contributed by atoms with Crippen LogP contribution in [0.15, 0.2) is 12.2 Å². The molecule has 0 aromatic rings. The van der Waals surface area contributed by atoms with Crippen molar-refractivity contribution in [3.63, 3.8) is 0 Å². The Hall–Kier alpha value is -1.69. The van der Waals surface area contributed by atoms with Crippen molar-refractivity contribution in [3.05, 3.63) is 12.2 Å². The van der Waals surface area contributed by atoms with Crippen molar-refractivity contribution in [1.29, 1.82) is 0 Å². The van der Waals surface area contributed by atoms with Gasteiger partial charge >= 0.3 is 6.09 Å². The number of aldehydes is 1. The van der Waals surface area contributed by atoms with E-state index in [0.717, 1.165) is 4.90 Å². The van der Waals surface area contributed by atoms with Gasteiger partial charge in [-0.15, -0.1) is 0 Å². The highest BCUT2D eigenvalue weighted by Gasteiger charge is 2.47. The summed E-state index contributed by atoms with van der Waals surface area (Å²) in [7, 11) is 0. The summed E-state index contributed by atoms with van der Waals surface area (Å²) in [5.74, 6) is -1.21. The highest BCUT2D eigenvalue weighted by atomic mass is 16.6. The van der Waals surface area contributed by atoms with Gasteiger partial charge in [0.1, 0.15) is 11.6 Å². The number of hydrogen-bond acceptors (Lipinski definition) is 5. The average Bonchev–Trinajstić information content (AvgIpc) is 2.65. The van der Waals surface area contributed by atoms with Gasteiger partial charge in [0, 0.05) is 12.5 Å². The summed E-state index contributed by atoms with van der Waals surface area (Å²) in [5.41, 5.74) is -0.713. The van der Waals surface area contributed by atoms with E-state index in [1.54, 1.807) is 39.8 Å². The molecule has 1 saturated heterocycles. The Labute approximate surface area is 118 Å². The molecule has 0 aromatic carbocycles. The van der Waals surface area contributed by atoms with Crippen LogP contribution in [-0.2, 0) is 14.3 Å². The number of carbonyl (C=O) groups is 3. The van der Waals surface area contributed by atoms with E-state index in [4.69, 9.17) is 4.74 Å². The van der Waals surface area contributed by atoms with Gasteiger partial charge in [0.2, 0.25) is 5.78 Å². The highest BCUT2D eigenvalue weighted by molar-refractivity contribution is 6.28. The van der Waals surface area contributed by atoms with Gasteiger partial charge in [-0.25, -0.2) is 4.79 Å². The molecule has 1 fully saturated rings. The maximum Gasteiger partial charge on any atom is 0.411 e. The van der Waals surface area contributed by atoms with E-state index in [2.05, 4.69) is 0 Å². The van der Waals surface area contributed by atoms with Gasteiger partial charge in [-0.2, -0.15) is 0 Å². The lowest BCUT2D eigenvalue weighted by Gasteiger charge is -2.27. The number of ketones is 1. The van der Waals surface area contributed by atoms with Crippen LogP contribution in [0, 0.1) is 5.92 Å². The lowest BCUT2D eigenvalue weighted by molar-refractivity contribution is -0.134. The van der Waals surface area contributed by atoms with Gasteiger partial charge < -0.3 is 9.84 Å². The molecule has 1 N–H and O–H groups in total. The number of likely N-dealkylation sites (tertiary alicyclic amines) is 1. The average molecular weight is 283 g/mol. The van der Waals surface area contributed by atoms with E-state index in [0.29, 0.717) is 0 Å². The highest BCUT2D eigenvalue weighted by Crippen LogP contribution is 2.27. The Balaban J connectivity index is 2.99. The third-order valence-electron chi connectivity index (χ3n) is 2.98. The normalized spacial score (nSPS) is 26.9. The molecule has 0 saturated carbocycles. The molecule has 0 aliphatic carbocycles. The number of rotatable bonds is 3. The number of amides is 1. The fraction of sp³-hybridized carbons (Fsp3) is 0.643. The second-order valence-corrected chi connectivity index (χ2v) is 5.78. The van der Waals surface area contributed by atoms with Crippen LogP contribution in [0.5, 0.6) is 0 Å². The summed E-state index contributed by atoms with van der Waals surface area (Å²) < 4.78 is 5.20. The molecule has 0 unspecified atom stereocenters. The van der Waals surface area contributed by atoms with Crippen LogP contribution in [-0.4, -0.2) is 52.5 Å². The van der Waals surface area contributed by atoms with Crippen LogP contribution >= 0.6 is 0 Å². The number of hydrogen-bond donors (Lipinski definition) is 1. The Morgan fingerprint density at radius 2 is 1.95 bits per heavy atom. The van der Waals surface area contributed by atoms with E-state index in [-0.39, 0.29) is 18.7 Å². The summed E-state index contributed by atoms with van der Waals surface area (Å²) in [6.45, 7) is 7.04. The fourth-order valence-electron chi connectivity index (χ4n) is 2.19. The lowest BCUT2D eigenvalue weighted by Crippen LogP contribution is -2.47. The summed E-state index contributed by atoms with van der Waals surface area (Å²) in [6, 6.07) is -1.18. The molecule has 0 radical (unpaired) electrons. The summed E-state index contributed by atoms with van der Waals surface area (Å²) in [4.78, 5) is 35.6. The molecular formula is C14H21NO5. The van der Waals surface area contributed by atoms with Crippen molar-refractivity contribution < 1.29 is 24.2 Å². The van der Waals surface area contributed by atoms with E-state index >= 15 is 0 Å². The van der Waals surface area contributed by atoms with Gasteiger partial charge in [0.25, 0.3) is 0 Å². The first kappa shape index (κ1) is 16.4. The molecule has 0 aromatic heterocycles. The predicted molar refractivity (Wildman–Crippen MR) is 72.1 cm³/mol. The summed E-state index contributed by atoms with van der Waals surface area (Å²) >= 11 is 0. The molecule has 6 nitrogen and oxygen atoms in total. The van der Waals surface area contributed by atoms with Crippen LogP contribution in [0.4, 0.5) is 4.79 Å². The molecule has 1 heterocycles. The van der Waals surface area contributed by atoms with E-state index < -0.39 is 29.6 Å². The Morgan fingerprint density at radius 3 is 2.40 bits per heavy atom. The summed E-state index contributed by atoms with van der Waals surface area (Å²) in [5, 5.41) is 10.1. The first-order valence-electron chi connectivity index (χ1n) is 6.50. The fourth-order valence-corrected chi connectivity index (χ4v) is 2.19. The molecule has 1 aliphatic heterocycles. The smallest absolute Gasteiger partial charge is 0.411 e. The standard InChI is InChI=1S/C14H21NO5/c1-5-6-9-7-15(13(19)20-14(2,3)4)11(12(9)18)10(17)8-16/h5-6,8-9,11-12,18H,7H2,1-4H3/b6-5+/t9-,11+,12+/m0/s1. The number of Topliss-reactive ketones (excluding diaryl/α,β-unsaturated/α-hetero) is 1. The maximum absolute atomic E-state index is 12.1. The molecule has 1 aliphatic rings. The first-order valence-corrected chi connectivity index (χ1v) is 6.50. The molecular weight excluding hydrogens is 262 g/mol. The first-order chi connectivity index (χ1) is 9.21. The zero-order valence-electron chi connectivity index (χ0n) is 12.2. The zero-order chi connectivity index (χ0) is 15.5. The lowest BCUT2D eigenvalue weighted by atomic mass is 9.99. The van der Waals surface area contributed by atoms with Gasteiger partial charge in [0.05, 0.1) is 6.10 Å². The van der Waals surface area contributed by atoms with Gasteiger partial charge in [0.15, 0.2) is 6.29 Å². The number of carbonyl (C=O) groups excluding carboxylic acids is 3. The van der Waals surface area contributed by atoms with Crippen LogP contribution in [0.3, 0.4) is 0 Å². The van der Waals surface area contributed by atoms with E-state index in [1.807, 2.05) is 0 Å². The van der Waals surface area contributed by atoms with Gasteiger partial charge in [-0.05, 0) is 27.7 Å². The number of ether oxygens (including phenoxy) is 1. The molecule has 112 valence electrons. The number of nitrogens with zero attached hydrogens (tertiary/aromatic N) is 1. The molecule has 1 rings (SSSR count). The maximum atomic E-state index is 12.1. The quantitative estimate of drug-likeness (QED) is 0.473. The largest absolute Gasteiger partial charge is 0.444 e. The number of aliphatic hydroxyl groups is 1. The van der Waals surface area contributed by atoms with Crippen LogP contribution < -0.4 is 0 Å². The molecule has 6 heteroatoms. The number of allylic oxidation sites excluding steroid dienone is 1. The Bertz CT molecular complexity index is 424. The van der Waals surface area contributed by atoms with Crippen molar-refractivity contribution in [1.82, 2.24) is 4.90 Å². The number of aliphatic hydroxyl groups excluding tert-OH is 1. The molecule has 0 bridgehead atoms. The van der Waals surface area contributed by atoms with E-state index in [9.17, 15) is 19.5 Å². The van der Waals surface area contributed by atoms with Crippen LogP contribution in [0.1, 0.15) is 27.7 Å². The molecule has 1 amide bonds. The van der Waals surface area contributed by atoms with Crippen LogP contribution in [0.25, 0.3) is 0 Å². The Kier molecular flexibility index (Phi) is 5.05. The van der Waals surface area contributed by atoms with Gasteiger partial charge in [-0.1, -0.05) is 12.2 Å². The SMILES string of the molecule is C/C=C/[C@H]1CN(C(=O)OC(C)(C)C)[C@H](C(=O)C=O)[C@@H]1O.